The van der Waals surface area contributed by atoms with Crippen LogP contribution in [0.15, 0.2) is 43.0 Å². The van der Waals surface area contributed by atoms with Gasteiger partial charge in [0.25, 0.3) is 0 Å². The van der Waals surface area contributed by atoms with Crippen LogP contribution in [0.25, 0.3) is 16.3 Å². The van der Waals surface area contributed by atoms with Gasteiger partial charge in [0.1, 0.15) is 0 Å². The molecule has 0 aliphatic heterocycles. The van der Waals surface area contributed by atoms with Crippen LogP contribution < -0.4 is 0 Å². The monoisotopic (exact) mass is 210 g/mol. The minimum absolute atomic E-state index is 0.546. The molecule has 0 amide bonds. The molecule has 0 aromatic heterocycles. The van der Waals surface area contributed by atoms with Crippen molar-refractivity contribution in [3.8, 4) is 0 Å². The van der Waals surface area contributed by atoms with Gasteiger partial charge in [0.2, 0.25) is 0 Å². The second-order valence-electron chi connectivity index (χ2n) is 4.72. The van der Waals surface area contributed by atoms with Gasteiger partial charge in [-0.1, -0.05) is 56.3 Å². The van der Waals surface area contributed by atoms with Crippen LogP contribution in [0.2, 0.25) is 0 Å². The maximum atomic E-state index is 4.03. The summed E-state index contributed by atoms with van der Waals surface area (Å²) in [6.45, 7) is 10.6. The summed E-state index contributed by atoms with van der Waals surface area (Å²) in [5.74, 6) is 0.546. The lowest BCUT2D eigenvalue weighted by molar-refractivity contribution is 0.876. The van der Waals surface area contributed by atoms with Crippen molar-refractivity contribution >= 4 is 16.3 Å². The first-order valence-corrected chi connectivity index (χ1v) is 5.78. The fourth-order valence-electron chi connectivity index (χ4n) is 2.06. The quantitative estimate of drug-likeness (QED) is 0.654. The molecule has 0 nitrogen and oxygen atoms in total. The van der Waals surface area contributed by atoms with Crippen molar-refractivity contribution in [3.05, 3.63) is 54.1 Å². The molecule has 0 radical (unpaired) electrons. The van der Waals surface area contributed by atoms with Crippen molar-refractivity contribution in [1.29, 1.82) is 0 Å². The van der Waals surface area contributed by atoms with Gasteiger partial charge < -0.3 is 0 Å². The normalized spacial score (nSPS) is 11.0. The topological polar surface area (TPSA) is 0 Å². The van der Waals surface area contributed by atoms with Crippen LogP contribution in [-0.4, -0.2) is 0 Å². The molecule has 2 aromatic rings. The van der Waals surface area contributed by atoms with E-state index >= 15 is 0 Å². The van der Waals surface area contributed by atoms with E-state index in [2.05, 4.69) is 63.7 Å². The second kappa shape index (κ2) is 4.13. The molecule has 0 spiro atoms. The third-order valence-electron chi connectivity index (χ3n) is 3.01. The first-order valence-electron chi connectivity index (χ1n) is 5.78. The lowest BCUT2D eigenvalue weighted by Crippen LogP contribution is -1.92. The van der Waals surface area contributed by atoms with Crippen LogP contribution in [0.5, 0.6) is 0 Å². The van der Waals surface area contributed by atoms with Crippen LogP contribution in [-0.2, 0) is 0 Å². The summed E-state index contributed by atoms with van der Waals surface area (Å²) in [5.41, 5.74) is 3.80. The maximum absolute atomic E-state index is 4.03. The van der Waals surface area contributed by atoms with E-state index in [1.165, 1.54) is 21.9 Å². The summed E-state index contributed by atoms with van der Waals surface area (Å²) in [5, 5.41) is 2.68. The zero-order valence-electron chi connectivity index (χ0n) is 10.2. The molecule has 16 heavy (non-hydrogen) atoms. The largest absolute Gasteiger partial charge is 0.0955 e. The van der Waals surface area contributed by atoms with Gasteiger partial charge in [0.05, 0.1) is 0 Å². The summed E-state index contributed by atoms with van der Waals surface area (Å²) >= 11 is 0. The molecule has 0 bridgehead atoms. The molecule has 0 saturated carbocycles. The highest BCUT2D eigenvalue weighted by molar-refractivity contribution is 5.89. The van der Waals surface area contributed by atoms with Gasteiger partial charge in [-0.2, -0.15) is 0 Å². The van der Waals surface area contributed by atoms with Gasteiger partial charge in [-0.15, -0.1) is 0 Å². The molecule has 0 aliphatic rings. The first kappa shape index (κ1) is 10.9. The Hall–Kier alpha value is -1.56. The van der Waals surface area contributed by atoms with E-state index in [-0.39, 0.29) is 0 Å². The molecule has 82 valence electrons. The van der Waals surface area contributed by atoms with Crippen molar-refractivity contribution in [2.24, 2.45) is 0 Å². The minimum Gasteiger partial charge on any atom is -0.0955 e. The van der Waals surface area contributed by atoms with Gasteiger partial charge >= 0.3 is 0 Å². The van der Waals surface area contributed by atoms with Crippen molar-refractivity contribution in [2.75, 3.05) is 0 Å². The molecule has 0 saturated heterocycles. The summed E-state index contributed by atoms with van der Waals surface area (Å²) < 4.78 is 0. The molecule has 0 aliphatic carbocycles. The van der Waals surface area contributed by atoms with Crippen molar-refractivity contribution in [1.82, 2.24) is 0 Å². The van der Waals surface area contributed by atoms with Crippen molar-refractivity contribution < 1.29 is 0 Å². The van der Waals surface area contributed by atoms with Crippen LogP contribution in [0, 0.1) is 0 Å². The van der Waals surface area contributed by atoms with E-state index in [1.807, 2.05) is 0 Å². The lowest BCUT2D eigenvalue weighted by atomic mass is 9.92. The number of fused-ring (bicyclic) bond motifs is 1. The van der Waals surface area contributed by atoms with E-state index in [1.54, 1.807) is 0 Å². The molecule has 0 heterocycles. The molecular formula is C16H18. The predicted molar refractivity (Wildman–Crippen MR) is 72.7 cm³/mol. The highest BCUT2D eigenvalue weighted by Crippen LogP contribution is 2.29. The van der Waals surface area contributed by atoms with E-state index in [0.29, 0.717) is 5.92 Å². The number of benzene rings is 2. The van der Waals surface area contributed by atoms with Gasteiger partial charge in [-0.05, 0) is 40.8 Å². The van der Waals surface area contributed by atoms with Gasteiger partial charge in [0.15, 0.2) is 0 Å². The van der Waals surface area contributed by atoms with E-state index in [9.17, 15) is 0 Å². The third kappa shape index (κ3) is 1.88. The summed E-state index contributed by atoms with van der Waals surface area (Å²) in [4.78, 5) is 0. The molecule has 0 fully saturated rings. The maximum Gasteiger partial charge on any atom is -0.0149 e. The molecule has 0 N–H and O–H groups in total. The zero-order chi connectivity index (χ0) is 11.7. The predicted octanol–water partition coefficient (Wildman–Crippen LogP) is 5.00. The van der Waals surface area contributed by atoms with E-state index < -0.39 is 0 Å². The van der Waals surface area contributed by atoms with Gasteiger partial charge in [-0.3, -0.25) is 0 Å². The Morgan fingerprint density at radius 3 is 2.44 bits per heavy atom. The summed E-state index contributed by atoms with van der Waals surface area (Å²) in [7, 11) is 0. The highest BCUT2D eigenvalue weighted by atomic mass is 14.1. The van der Waals surface area contributed by atoms with Crippen LogP contribution in [0.3, 0.4) is 0 Å². The Balaban J connectivity index is 2.78. The molecule has 0 atom stereocenters. The fourth-order valence-corrected chi connectivity index (χ4v) is 2.06. The SMILES string of the molecule is C=C(C)c1cc(C(C)C)c2ccccc2c1. The van der Waals surface area contributed by atoms with Crippen LogP contribution >= 0.6 is 0 Å². The van der Waals surface area contributed by atoms with Crippen LogP contribution in [0.4, 0.5) is 0 Å². The minimum atomic E-state index is 0.546. The number of hydrogen-bond donors (Lipinski definition) is 0. The number of hydrogen-bond acceptors (Lipinski definition) is 0. The molecule has 2 aromatic carbocycles. The Morgan fingerprint density at radius 1 is 1.12 bits per heavy atom. The van der Waals surface area contributed by atoms with Gasteiger partial charge in [-0.25, -0.2) is 0 Å². The fraction of sp³-hybridized carbons (Fsp3) is 0.250. The smallest absolute Gasteiger partial charge is 0.0149 e. The van der Waals surface area contributed by atoms with Crippen molar-refractivity contribution in [3.63, 3.8) is 0 Å². The molecule has 0 unspecified atom stereocenters. The Morgan fingerprint density at radius 2 is 1.81 bits per heavy atom. The number of rotatable bonds is 2. The van der Waals surface area contributed by atoms with E-state index in [4.69, 9.17) is 0 Å². The molecular weight excluding hydrogens is 192 g/mol. The average molecular weight is 210 g/mol. The summed E-state index contributed by atoms with van der Waals surface area (Å²) in [6, 6.07) is 13.1. The van der Waals surface area contributed by atoms with Crippen LogP contribution in [0.1, 0.15) is 37.8 Å². The Labute approximate surface area is 97.6 Å². The zero-order valence-corrected chi connectivity index (χ0v) is 10.2. The molecule has 0 heteroatoms. The Bertz CT molecular complexity index is 533. The van der Waals surface area contributed by atoms with Crippen molar-refractivity contribution in [2.45, 2.75) is 26.7 Å². The molecule has 2 rings (SSSR count). The van der Waals surface area contributed by atoms with E-state index in [0.717, 1.165) is 5.57 Å². The lowest BCUT2D eigenvalue weighted by Gasteiger charge is -2.13. The Kier molecular flexibility index (Phi) is 2.82. The highest BCUT2D eigenvalue weighted by Gasteiger charge is 2.07. The van der Waals surface area contributed by atoms with Gasteiger partial charge in [0, 0.05) is 0 Å². The standard InChI is InChI=1S/C16H18/c1-11(2)14-9-13-7-5-6-8-15(13)16(10-14)12(3)4/h5-10,12H,1H2,2-4H3. The second-order valence-corrected chi connectivity index (χ2v) is 4.72. The number of allylic oxidation sites excluding steroid dienone is 1. The first-order chi connectivity index (χ1) is 7.59. The average Bonchev–Trinajstić information content (AvgIpc) is 2.27. The summed E-state index contributed by atoms with van der Waals surface area (Å²) in [6.07, 6.45) is 0. The third-order valence-corrected chi connectivity index (χ3v) is 3.01.